The first-order valence-corrected chi connectivity index (χ1v) is 8.36. The van der Waals surface area contributed by atoms with E-state index in [0.29, 0.717) is 0 Å². The number of hydrogen-bond donors (Lipinski definition) is 1. The lowest BCUT2D eigenvalue weighted by Crippen LogP contribution is -2.45. The third-order valence-electron chi connectivity index (χ3n) is 5.66. The van der Waals surface area contributed by atoms with E-state index in [-0.39, 0.29) is 28.6 Å². The summed E-state index contributed by atoms with van der Waals surface area (Å²) in [5, 5.41) is 9.35. The third-order valence-corrected chi connectivity index (χ3v) is 5.66. The molecule has 4 rings (SSSR count). The summed E-state index contributed by atoms with van der Waals surface area (Å²) in [6.07, 6.45) is 3.68. The molecule has 120 valence electrons. The largest absolute Gasteiger partial charge is 0.342 e. The van der Waals surface area contributed by atoms with Crippen LogP contribution in [0.1, 0.15) is 31.7 Å². The molecule has 1 aromatic carbocycles. The van der Waals surface area contributed by atoms with Gasteiger partial charge in [0.25, 0.3) is 0 Å². The van der Waals surface area contributed by atoms with Gasteiger partial charge in [-0.25, -0.2) is 4.98 Å². The summed E-state index contributed by atoms with van der Waals surface area (Å²) >= 11 is 0. The molecule has 0 bridgehead atoms. The lowest BCUT2D eigenvalue weighted by Gasteiger charge is -2.44. The number of carbonyl (C=O) groups excluding carboxylic acids is 1. The second-order valence-corrected chi connectivity index (χ2v) is 7.03. The monoisotopic (exact) mass is 317 g/mol. The molecule has 0 unspecified atom stereocenters. The van der Waals surface area contributed by atoms with Gasteiger partial charge in [-0.2, -0.15) is 5.26 Å². The number of carbonyl (C=O) groups is 1. The molecule has 4 nitrogen and oxygen atoms in total. The molecular formula is C20H19N3O. The minimum atomic E-state index is -0.366. The van der Waals surface area contributed by atoms with Crippen LogP contribution in [0.4, 0.5) is 0 Å². The molecule has 0 saturated carbocycles. The number of nitrogens with zero attached hydrogens (tertiary/aromatic N) is 2. The van der Waals surface area contributed by atoms with Crippen LogP contribution in [0.15, 0.2) is 42.0 Å². The summed E-state index contributed by atoms with van der Waals surface area (Å²) in [5.74, 6) is 0.891. The van der Waals surface area contributed by atoms with E-state index in [1.807, 2.05) is 43.3 Å². The van der Waals surface area contributed by atoms with Crippen molar-refractivity contribution < 1.29 is 4.79 Å². The van der Waals surface area contributed by atoms with Crippen LogP contribution in [0.2, 0.25) is 0 Å². The van der Waals surface area contributed by atoms with E-state index in [0.717, 1.165) is 35.6 Å². The standard InChI is InChI=1S/C20H19N3O/c1-12-15-8-9-16-18(20(15,2)10-14(11-21)17(12)24)23-19(22-16)13-6-4-3-5-7-13/h3-7,10,12,15H,8-9H2,1-2H3,(H,22,23)/t12-,15-,20-/m0/s1. The van der Waals surface area contributed by atoms with Crippen LogP contribution in [0.25, 0.3) is 11.4 Å². The highest BCUT2D eigenvalue weighted by Crippen LogP contribution is 2.49. The fourth-order valence-corrected chi connectivity index (χ4v) is 4.37. The van der Waals surface area contributed by atoms with E-state index < -0.39 is 0 Å². The highest BCUT2D eigenvalue weighted by Gasteiger charge is 2.49. The van der Waals surface area contributed by atoms with Crippen LogP contribution >= 0.6 is 0 Å². The fraction of sp³-hybridized carbons (Fsp3) is 0.350. The number of aryl methyl sites for hydroxylation is 1. The van der Waals surface area contributed by atoms with Gasteiger partial charge >= 0.3 is 0 Å². The van der Waals surface area contributed by atoms with Gasteiger partial charge in [0, 0.05) is 22.6 Å². The maximum absolute atomic E-state index is 12.4. The first kappa shape index (κ1) is 14.9. The second-order valence-electron chi connectivity index (χ2n) is 7.03. The maximum Gasteiger partial charge on any atom is 0.176 e. The number of hydrogen-bond acceptors (Lipinski definition) is 3. The minimum absolute atomic E-state index is 0.0257. The molecule has 4 heteroatoms. The normalized spacial score (nSPS) is 28.5. The number of aromatic amines is 1. The van der Waals surface area contributed by atoms with Gasteiger partial charge in [-0.3, -0.25) is 4.79 Å². The summed E-state index contributed by atoms with van der Waals surface area (Å²) < 4.78 is 0. The molecule has 0 saturated heterocycles. The van der Waals surface area contributed by atoms with Crippen LogP contribution in [0.3, 0.4) is 0 Å². The summed E-state index contributed by atoms with van der Waals surface area (Å²) in [5.41, 5.74) is 3.08. The third kappa shape index (κ3) is 1.98. The molecule has 3 atom stereocenters. The Labute approximate surface area is 141 Å². The summed E-state index contributed by atoms with van der Waals surface area (Å²) in [6, 6.07) is 12.1. The zero-order chi connectivity index (χ0) is 16.9. The summed E-state index contributed by atoms with van der Waals surface area (Å²) in [4.78, 5) is 20.7. The van der Waals surface area contributed by atoms with Gasteiger partial charge in [0.2, 0.25) is 0 Å². The van der Waals surface area contributed by atoms with Crippen LogP contribution in [0, 0.1) is 23.2 Å². The minimum Gasteiger partial charge on any atom is -0.342 e. The molecule has 24 heavy (non-hydrogen) atoms. The van der Waals surface area contributed by atoms with Gasteiger partial charge in [-0.05, 0) is 18.8 Å². The van der Waals surface area contributed by atoms with Gasteiger partial charge in [0.15, 0.2) is 5.78 Å². The second kappa shape index (κ2) is 5.17. The quantitative estimate of drug-likeness (QED) is 0.874. The van der Waals surface area contributed by atoms with Gasteiger partial charge in [0.1, 0.15) is 11.9 Å². The van der Waals surface area contributed by atoms with E-state index in [1.165, 1.54) is 0 Å². The highest BCUT2D eigenvalue weighted by atomic mass is 16.1. The van der Waals surface area contributed by atoms with Gasteiger partial charge in [-0.1, -0.05) is 50.3 Å². The number of H-pyrrole nitrogens is 1. The molecule has 0 amide bonds. The molecule has 1 N–H and O–H groups in total. The Hall–Kier alpha value is -2.67. The SMILES string of the molecule is C[C@@H]1C(=O)C(C#N)=C[C@]2(C)c3nc(-c4ccccc4)[nH]c3CC[C@@H]12. The molecule has 0 fully saturated rings. The van der Waals surface area contributed by atoms with E-state index in [4.69, 9.17) is 4.98 Å². The molecular weight excluding hydrogens is 298 g/mol. The summed E-state index contributed by atoms with van der Waals surface area (Å²) in [7, 11) is 0. The Morgan fingerprint density at radius 3 is 2.79 bits per heavy atom. The molecule has 1 heterocycles. The van der Waals surface area contributed by atoms with Crippen LogP contribution in [-0.2, 0) is 16.6 Å². The topological polar surface area (TPSA) is 69.5 Å². The number of ketones is 1. The van der Waals surface area contributed by atoms with Crippen molar-refractivity contribution >= 4 is 5.78 Å². The van der Waals surface area contributed by atoms with Crippen molar-refractivity contribution in [2.75, 3.05) is 0 Å². The number of imidazole rings is 1. The van der Waals surface area contributed by atoms with Crippen molar-refractivity contribution in [1.29, 1.82) is 5.26 Å². The van der Waals surface area contributed by atoms with Crippen molar-refractivity contribution in [1.82, 2.24) is 9.97 Å². The number of allylic oxidation sites excluding steroid dienone is 2. The molecule has 0 spiro atoms. The average Bonchev–Trinajstić information content (AvgIpc) is 3.05. The van der Waals surface area contributed by atoms with Crippen molar-refractivity contribution in [3.05, 3.63) is 53.4 Å². The molecule has 2 aliphatic carbocycles. The maximum atomic E-state index is 12.4. The van der Waals surface area contributed by atoms with Gasteiger partial charge < -0.3 is 4.98 Å². The smallest absolute Gasteiger partial charge is 0.176 e. The predicted octanol–water partition coefficient (Wildman–Crippen LogP) is 3.57. The van der Waals surface area contributed by atoms with E-state index in [2.05, 4.69) is 18.0 Å². The Balaban J connectivity index is 1.88. The number of aromatic nitrogens is 2. The number of Topliss-reactive ketones (excluding diaryl/α,β-unsaturated/α-hetero) is 1. The number of rotatable bonds is 1. The number of fused-ring (bicyclic) bond motifs is 3. The zero-order valence-electron chi connectivity index (χ0n) is 13.8. The van der Waals surface area contributed by atoms with Crippen LogP contribution in [0.5, 0.6) is 0 Å². The fourth-order valence-electron chi connectivity index (χ4n) is 4.37. The molecule has 0 radical (unpaired) electrons. The van der Waals surface area contributed by atoms with Gasteiger partial charge in [-0.15, -0.1) is 0 Å². The molecule has 1 aromatic heterocycles. The van der Waals surface area contributed by atoms with Crippen LogP contribution in [-0.4, -0.2) is 15.8 Å². The summed E-state index contributed by atoms with van der Waals surface area (Å²) in [6.45, 7) is 4.07. The van der Waals surface area contributed by atoms with Crippen molar-refractivity contribution in [2.24, 2.45) is 11.8 Å². The lowest BCUT2D eigenvalue weighted by atomic mass is 9.58. The van der Waals surface area contributed by atoms with E-state index >= 15 is 0 Å². The number of benzene rings is 1. The van der Waals surface area contributed by atoms with E-state index in [1.54, 1.807) is 0 Å². The van der Waals surface area contributed by atoms with Crippen LogP contribution < -0.4 is 0 Å². The first-order chi connectivity index (χ1) is 11.5. The lowest BCUT2D eigenvalue weighted by molar-refractivity contribution is -0.121. The first-order valence-electron chi connectivity index (χ1n) is 8.36. The predicted molar refractivity (Wildman–Crippen MR) is 91.1 cm³/mol. The molecule has 0 aliphatic heterocycles. The van der Waals surface area contributed by atoms with Crippen molar-refractivity contribution in [2.45, 2.75) is 32.1 Å². The Morgan fingerprint density at radius 2 is 2.08 bits per heavy atom. The number of nitriles is 1. The van der Waals surface area contributed by atoms with Crippen molar-refractivity contribution in [3.8, 4) is 17.5 Å². The van der Waals surface area contributed by atoms with Gasteiger partial charge in [0.05, 0.1) is 11.3 Å². The number of nitrogens with one attached hydrogen (secondary N) is 1. The Bertz CT molecular complexity index is 887. The zero-order valence-corrected chi connectivity index (χ0v) is 13.8. The Morgan fingerprint density at radius 1 is 1.33 bits per heavy atom. The average molecular weight is 317 g/mol. The highest BCUT2D eigenvalue weighted by molar-refractivity contribution is 6.02. The Kier molecular flexibility index (Phi) is 3.21. The molecule has 2 aromatic rings. The molecule has 2 aliphatic rings. The van der Waals surface area contributed by atoms with E-state index in [9.17, 15) is 10.1 Å². The van der Waals surface area contributed by atoms with Crippen molar-refractivity contribution in [3.63, 3.8) is 0 Å².